The van der Waals surface area contributed by atoms with Crippen LogP contribution in [0.2, 0.25) is 0 Å². The van der Waals surface area contributed by atoms with Crippen molar-refractivity contribution in [3.8, 4) is 11.5 Å². The van der Waals surface area contributed by atoms with E-state index >= 15 is 0 Å². The summed E-state index contributed by atoms with van der Waals surface area (Å²) in [5, 5.41) is 0. The van der Waals surface area contributed by atoms with Crippen LogP contribution < -0.4 is 9.47 Å². The van der Waals surface area contributed by atoms with Gasteiger partial charge in [-0.15, -0.1) is 0 Å². The number of hydrogen-bond acceptors (Lipinski definition) is 4. The minimum atomic E-state index is 0.0150. The van der Waals surface area contributed by atoms with Crippen molar-refractivity contribution in [1.29, 1.82) is 0 Å². The zero-order chi connectivity index (χ0) is 19.8. The molecule has 1 heterocycles. The van der Waals surface area contributed by atoms with E-state index in [4.69, 9.17) is 9.47 Å². The first-order valence-corrected chi connectivity index (χ1v) is 9.33. The maximum Gasteiger partial charge on any atom is 0.231 e. The molecule has 0 amide bonds. The fourth-order valence-electron chi connectivity index (χ4n) is 2.75. The third kappa shape index (κ3) is 5.95. The highest BCUT2D eigenvalue weighted by Crippen LogP contribution is 2.32. The van der Waals surface area contributed by atoms with Crippen LogP contribution in [0.3, 0.4) is 0 Å². The van der Waals surface area contributed by atoms with Gasteiger partial charge in [-0.3, -0.25) is 0 Å². The predicted molar refractivity (Wildman–Crippen MR) is 107 cm³/mol. The molecule has 1 aliphatic rings. The highest BCUT2D eigenvalue weighted by molar-refractivity contribution is 5.61. The summed E-state index contributed by atoms with van der Waals surface area (Å²) in [6, 6.07) is 14.0. The maximum atomic E-state index is 10.5. The fourth-order valence-corrected chi connectivity index (χ4v) is 2.75. The summed E-state index contributed by atoms with van der Waals surface area (Å²) in [5.74, 6) is 2.19. The lowest BCUT2D eigenvalue weighted by molar-refractivity contribution is -0.110. The molecule has 4 heteroatoms. The zero-order valence-corrected chi connectivity index (χ0v) is 16.5. The lowest BCUT2D eigenvalue weighted by atomic mass is 9.97. The van der Waals surface area contributed by atoms with E-state index in [1.54, 1.807) is 0 Å². The Labute approximate surface area is 161 Å². The molecule has 0 aliphatic carbocycles. The largest absolute Gasteiger partial charge is 0.454 e. The molecular weight excluding hydrogens is 340 g/mol. The van der Waals surface area contributed by atoms with E-state index in [9.17, 15) is 9.59 Å². The summed E-state index contributed by atoms with van der Waals surface area (Å²) in [4.78, 5) is 21.0. The Bertz CT molecular complexity index is 749. The summed E-state index contributed by atoms with van der Waals surface area (Å²) < 4.78 is 10.4. The first kappa shape index (κ1) is 20.7. The van der Waals surface area contributed by atoms with Crippen LogP contribution in [0.25, 0.3) is 0 Å². The van der Waals surface area contributed by atoms with E-state index in [0.717, 1.165) is 41.6 Å². The van der Waals surface area contributed by atoms with E-state index < -0.39 is 0 Å². The molecule has 0 saturated heterocycles. The van der Waals surface area contributed by atoms with Crippen LogP contribution in [0, 0.1) is 5.92 Å². The number of fused-ring (bicyclic) bond motifs is 1. The highest BCUT2D eigenvalue weighted by Gasteiger charge is 2.13. The standard InChI is InChI=1S/C12H16O.C11H12O3/c1-9(2)11-4-6-12(7-5-11)10(3)8-13;1-8(6-12)4-9-2-3-10-11(5-9)14-7-13-10/h4-10H,1-3H3;2-3,5-6,8H,4,7H2,1H3. The van der Waals surface area contributed by atoms with Crippen LogP contribution in [0.15, 0.2) is 42.5 Å². The number of benzene rings is 2. The Morgan fingerprint density at radius 2 is 1.48 bits per heavy atom. The molecule has 0 bridgehead atoms. The molecule has 3 rings (SSSR count). The van der Waals surface area contributed by atoms with Gasteiger partial charge in [0.2, 0.25) is 6.79 Å². The number of rotatable bonds is 6. The van der Waals surface area contributed by atoms with Gasteiger partial charge >= 0.3 is 0 Å². The third-order valence-corrected chi connectivity index (χ3v) is 4.56. The quantitative estimate of drug-likeness (QED) is 0.680. The van der Waals surface area contributed by atoms with Crippen molar-refractivity contribution in [2.75, 3.05) is 6.79 Å². The Kier molecular flexibility index (Phi) is 7.59. The number of carbonyl (C=O) groups is 2. The molecule has 1 aliphatic heterocycles. The highest BCUT2D eigenvalue weighted by atomic mass is 16.7. The van der Waals surface area contributed by atoms with Gasteiger partial charge in [-0.05, 0) is 41.2 Å². The van der Waals surface area contributed by atoms with Gasteiger partial charge in [0.25, 0.3) is 0 Å². The van der Waals surface area contributed by atoms with Crippen LogP contribution in [-0.2, 0) is 16.0 Å². The van der Waals surface area contributed by atoms with Gasteiger partial charge in [0.05, 0.1) is 0 Å². The second-order valence-corrected chi connectivity index (χ2v) is 7.25. The van der Waals surface area contributed by atoms with E-state index in [1.165, 1.54) is 5.56 Å². The molecule has 0 aromatic heterocycles. The molecule has 2 aromatic rings. The average Bonchev–Trinajstić information content (AvgIpc) is 3.15. The van der Waals surface area contributed by atoms with E-state index in [1.807, 2.05) is 44.2 Å². The molecule has 0 N–H and O–H groups in total. The van der Waals surface area contributed by atoms with E-state index in [-0.39, 0.29) is 11.8 Å². The van der Waals surface area contributed by atoms with Crippen LogP contribution in [0.5, 0.6) is 11.5 Å². The zero-order valence-electron chi connectivity index (χ0n) is 16.5. The summed E-state index contributed by atoms with van der Waals surface area (Å²) in [7, 11) is 0. The minimum Gasteiger partial charge on any atom is -0.454 e. The van der Waals surface area contributed by atoms with Crippen molar-refractivity contribution in [3.63, 3.8) is 0 Å². The minimum absolute atomic E-state index is 0.0150. The molecule has 0 saturated carbocycles. The summed E-state index contributed by atoms with van der Waals surface area (Å²) >= 11 is 0. The Morgan fingerprint density at radius 1 is 0.852 bits per heavy atom. The monoisotopic (exact) mass is 368 g/mol. The first-order chi connectivity index (χ1) is 12.9. The average molecular weight is 368 g/mol. The number of carbonyl (C=O) groups excluding carboxylic acids is 2. The normalized spacial score (nSPS) is 14.1. The Morgan fingerprint density at radius 3 is 2.07 bits per heavy atom. The van der Waals surface area contributed by atoms with Crippen molar-refractivity contribution in [1.82, 2.24) is 0 Å². The van der Waals surface area contributed by atoms with Gasteiger partial charge in [0, 0.05) is 11.8 Å². The van der Waals surface area contributed by atoms with E-state index in [2.05, 4.69) is 26.0 Å². The lowest BCUT2D eigenvalue weighted by Gasteiger charge is -2.08. The predicted octanol–water partition coefficient (Wildman–Crippen LogP) is 4.91. The summed E-state index contributed by atoms with van der Waals surface area (Å²) in [6.07, 6.45) is 2.69. The van der Waals surface area contributed by atoms with Crippen molar-refractivity contribution < 1.29 is 19.1 Å². The smallest absolute Gasteiger partial charge is 0.231 e. The Balaban J connectivity index is 0.000000194. The fraction of sp³-hybridized carbons (Fsp3) is 0.391. The summed E-state index contributed by atoms with van der Waals surface area (Å²) in [5.41, 5.74) is 3.52. The Hall–Kier alpha value is -2.62. The van der Waals surface area contributed by atoms with E-state index in [0.29, 0.717) is 12.7 Å². The number of aldehydes is 2. The molecule has 2 unspecified atom stereocenters. The van der Waals surface area contributed by atoms with Gasteiger partial charge < -0.3 is 19.1 Å². The second-order valence-electron chi connectivity index (χ2n) is 7.25. The topological polar surface area (TPSA) is 52.6 Å². The molecular formula is C23H28O4. The van der Waals surface area contributed by atoms with Crippen molar-refractivity contribution in [2.24, 2.45) is 5.92 Å². The van der Waals surface area contributed by atoms with Crippen LogP contribution in [0.1, 0.15) is 56.2 Å². The SMILES string of the molecule is CC(C)c1ccc(C(C)C=O)cc1.CC(C=O)Cc1ccc2c(c1)OCO2. The molecule has 27 heavy (non-hydrogen) atoms. The second kappa shape index (κ2) is 9.91. The molecule has 0 fully saturated rings. The van der Waals surface area contributed by atoms with Gasteiger partial charge in [-0.25, -0.2) is 0 Å². The van der Waals surface area contributed by atoms with Crippen LogP contribution in [0.4, 0.5) is 0 Å². The van der Waals surface area contributed by atoms with Crippen molar-refractivity contribution in [2.45, 2.75) is 46.0 Å². The molecule has 4 nitrogen and oxygen atoms in total. The molecule has 2 aromatic carbocycles. The number of hydrogen-bond donors (Lipinski definition) is 0. The van der Waals surface area contributed by atoms with Crippen molar-refractivity contribution in [3.05, 3.63) is 59.2 Å². The maximum absolute atomic E-state index is 10.5. The molecule has 144 valence electrons. The van der Waals surface area contributed by atoms with Gasteiger partial charge in [0.15, 0.2) is 11.5 Å². The van der Waals surface area contributed by atoms with Gasteiger partial charge in [-0.1, -0.05) is 58.0 Å². The van der Waals surface area contributed by atoms with Gasteiger partial charge in [0.1, 0.15) is 12.6 Å². The number of ether oxygens (including phenoxy) is 2. The van der Waals surface area contributed by atoms with Crippen LogP contribution in [-0.4, -0.2) is 19.4 Å². The van der Waals surface area contributed by atoms with Gasteiger partial charge in [-0.2, -0.15) is 0 Å². The summed E-state index contributed by atoms with van der Waals surface area (Å²) in [6.45, 7) is 8.44. The molecule has 2 atom stereocenters. The molecule has 0 radical (unpaired) electrons. The lowest BCUT2D eigenvalue weighted by Crippen LogP contribution is -2.00. The molecule has 0 spiro atoms. The van der Waals surface area contributed by atoms with Crippen molar-refractivity contribution >= 4 is 12.6 Å². The third-order valence-electron chi connectivity index (χ3n) is 4.56. The van der Waals surface area contributed by atoms with Crippen LogP contribution >= 0.6 is 0 Å². The first-order valence-electron chi connectivity index (χ1n) is 9.33.